The van der Waals surface area contributed by atoms with E-state index in [0.29, 0.717) is 0 Å². The number of rotatable bonds is 2. The molecular formula is C17H37NO3S. The fourth-order valence-corrected chi connectivity index (χ4v) is 1.62. The van der Waals surface area contributed by atoms with Crippen molar-refractivity contribution in [2.75, 3.05) is 12.8 Å². The molecule has 0 heterocycles. The van der Waals surface area contributed by atoms with Crippen LogP contribution in [-0.4, -0.2) is 30.0 Å². The molecule has 0 saturated carbocycles. The monoisotopic (exact) mass is 335 g/mol. The van der Waals surface area contributed by atoms with E-state index in [-0.39, 0.29) is 25.2 Å². The molecule has 0 spiro atoms. The molecule has 5 heteroatoms. The minimum Gasteiger partial charge on any atom is -0.450 e. The molecule has 1 unspecified atom stereocenters. The predicted octanol–water partition coefficient (Wildman–Crippen LogP) is 5.21. The van der Waals surface area contributed by atoms with Crippen LogP contribution >= 0.6 is 11.8 Å². The maximum Gasteiger partial charge on any atom is 0.367 e. The Morgan fingerprint density at radius 1 is 1.23 bits per heavy atom. The summed E-state index contributed by atoms with van der Waals surface area (Å²) >= 11 is 1.14. The van der Waals surface area contributed by atoms with Gasteiger partial charge in [0.25, 0.3) is 0 Å². The first-order chi connectivity index (χ1) is 10.6. The van der Waals surface area contributed by atoms with Gasteiger partial charge in [-0.1, -0.05) is 40.2 Å². The zero-order valence-corrected chi connectivity index (χ0v) is 16.0. The lowest BCUT2D eigenvalue weighted by Crippen LogP contribution is -2.13. The van der Waals surface area contributed by atoms with Gasteiger partial charge in [-0.05, 0) is 56.7 Å². The molecule has 0 aromatic heterocycles. The van der Waals surface area contributed by atoms with Crippen LogP contribution < -0.4 is 5.73 Å². The number of allylic oxidation sites excluding steroid dienone is 1. The minimum absolute atomic E-state index is 0. The summed E-state index contributed by atoms with van der Waals surface area (Å²) in [7, 11) is 0. The highest BCUT2D eigenvalue weighted by Gasteiger charge is 2.11. The summed E-state index contributed by atoms with van der Waals surface area (Å²) in [4.78, 5) is 20.7. The van der Waals surface area contributed by atoms with Crippen LogP contribution in [0.15, 0.2) is 12.2 Å². The second-order valence-corrected chi connectivity index (χ2v) is 4.82. The molecule has 0 saturated heterocycles. The van der Waals surface area contributed by atoms with Crippen molar-refractivity contribution < 1.29 is 15.8 Å². The smallest absolute Gasteiger partial charge is 0.367 e. The molecule has 2 N–H and O–H groups in total. The Morgan fingerprint density at radius 3 is 2.23 bits per heavy atom. The molecule has 0 fully saturated rings. The Bertz CT molecular complexity index is 287. The normalized spacial score (nSPS) is 17.5. The van der Waals surface area contributed by atoms with Crippen molar-refractivity contribution in [3.05, 3.63) is 12.2 Å². The second-order valence-electron chi connectivity index (χ2n) is 4.08. The number of Topliss-reactive ketones (excluding diaryl/α,β-unsaturated/α-hetero) is 1. The molecule has 0 amide bonds. The van der Waals surface area contributed by atoms with Gasteiger partial charge in [-0.2, -0.15) is 0 Å². The number of thioether (sulfide) groups is 1. The van der Waals surface area contributed by atoms with Crippen molar-refractivity contribution in [1.29, 1.82) is 0 Å². The zero-order chi connectivity index (χ0) is 17.8. The van der Waals surface area contributed by atoms with E-state index in [2.05, 4.69) is 6.08 Å². The lowest BCUT2D eigenvalue weighted by atomic mass is 10.0. The molecule has 0 radical (unpaired) electrons. The van der Waals surface area contributed by atoms with Crippen LogP contribution in [0.4, 0.5) is 4.79 Å². The number of ketones is 1. The van der Waals surface area contributed by atoms with Gasteiger partial charge in [0, 0.05) is 1.43 Å². The van der Waals surface area contributed by atoms with Gasteiger partial charge in [-0.25, -0.2) is 4.79 Å². The molecule has 1 rings (SSSR count). The van der Waals surface area contributed by atoms with Gasteiger partial charge >= 0.3 is 5.30 Å². The van der Waals surface area contributed by atoms with Crippen LogP contribution in [0, 0.1) is 0 Å². The molecule has 1 atom stereocenters. The van der Waals surface area contributed by atoms with Gasteiger partial charge in [0.1, 0.15) is 11.9 Å². The fraction of sp³-hybridized carbons (Fsp3) is 0.765. The largest absolute Gasteiger partial charge is 0.450 e. The third-order valence-electron chi connectivity index (χ3n) is 2.41. The van der Waals surface area contributed by atoms with Crippen molar-refractivity contribution >= 4 is 22.8 Å². The maximum absolute atomic E-state index is 11.0. The van der Waals surface area contributed by atoms with E-state index in [9.17, 15) is 9.59 Å². The topological polar surface area (TPSA) is 69.4 Å². The van der Waals surface area contributed by atoms with Gasteiger partial charge in [0.2, 0.25) is 0 Å². The SMILES string of the molecule is CC.CC.CC(=O)CN.CSC(=O)OC1/C=C/CCCCC1.[HH]. The number of carbonyl (C=O) groups excluding carboxylic acids is 2. The average Bonchev–Trinajstić information content (AvgIpc) is 2.54. The van der Waals surface area contributed by atoms with Crippen molar-refractivity contribution in [3.8, 4) is 0 Å². The van der Waals surface area contributed by atoms with Crippen LogP contribution in [-0.2, 0) is 9.53 Å². The molecule has 4 nitrogen and oxygen atoms in total. The third kappa shape index (κ3) is 21.5. The van der Waals surface area contributed by atoms with Crippen molar-refractivity contribution in [2.45, 2.75) is 72.8 Å². The summed E-state index contributed by atoms with van der Waals surface area (Å²) in [6.07, 6.45) is 11.7. The summed E-state index contributed by atoms with van der Waals surface area (Å²) < 4.78 is 5.21. The van der Waals surface area contributed by atoms with Crippen molar-refractivity contribution in [2.24, 2.45) is 5.73 Å². The lowest BCUT2D eigenvalue weighted by molar-refractivity contribution is -0.115. The lowest BCUT2D eigenvalue weighted by Gasteiger charge is -2.14. The summed E-state index contributed by atoms with van der Waals surface area (Å²) in [5.74, 6) is 0.0324. The molecule has 0 aromatic carbocycles. The highest BCUT2D eigenvalue weighted by atomic mass is 32.2. The molecule has 1 aliphatic rings. The summed E-state index contributed by atoms with van der Waals surface area (Å²) in [6.45, 7) is 9.62. The first kappa shape index (κ1) is 26.1. The van der Waals surface area contributed by atoms with Gasteiger partial charge in [0.15, 0.2) is 0 Å². The quantitative estimate of drug-likeness (QED) is 0.554. The Labute approximate surface area is 142 Å². The summed E-state index contributed by atoms with van der Waals surface area (Å²) in [5.41, 5.74) is 4.82. The first-order valence-electron chi connectivity index (χ1n) is 8.21. The van der Waals surface area contributed by atoms with E-state index in [1.54, 1.807) is 6.26 Å². The Hall–Kier alpha value is -0.810. The average molecular weight is 336 g/mol. The molecule has 134 valence electrons. The van der Waals surface area contributed by atoms with Crippen LogP contribution in [0.5, 0.6) is 0 Å². The highest BCUT2D eigenvalue weighted by Crippen LogP contribution is 2.16. The molecule has 0 bridgehead atoms. The van der Waals surface area contributed by atoms with Crippen molar-refractivity contribution in [3.63, 3.8) is 0 Å². The molecule has 0 aliphatic heterocycles. The Morgan fingerprint density at radius 2 is 1.77 bits per heavy atom. The first-order valence-corrected chi connectivity index (χ1v) is 9.43. The predicted molar refractivity (Wildman–Crippen MR) is 101 cm³/mol. The number of carbonyl (C=O) groups is 2. The fourth-order valence-electron chi connectivity index (χ4n) is 1.40. The van der Waals surface area contributed by atoms with E-state index < -0.39 is 0 Å². The molecular weight excluding hydrogens is 298 g/mol. The number of ether oxygens (including phenoxy) is 1. The van der Waals surface area contributed by atoms with Gasteiger partial charge in [-0.15, -0.1) is 0 Å². The minimum atomic E-state index is -0.171. The number of hydrogen-bond acceptors (Lipinski definition) is 5. The summed E-state index contributed by atoms with van der Waals surface area (Å²) in [6, 6.07) is 0. The Kier molecular flexibility index (Phi) is 26.7. The van der Waals surface area contributed by atoms with Crippen LogP contribution in [0.2, 0.25) is 0 Å². The van der Waals surface area contributed by atoms with E-state index in [1.807, 2.05) is 33.8 Å². The van der Waals surface area contributed by atoms with Gasteiger partial charge in [0.05, 0.1) is 6.54 Å². The molecule has 0 aromatic rings. The molecule has 1 aliphatic carbocycles. The highest BCUT2D eigenvalue weighted by molar-refractivity contribution is 8.12. The van der Waals surface area contributed by atoms with E-state index in [4.69, 9.17) is 10.5 Å². The van der Waals surface area contributed by atoms with Gasteiger partial charge in [-0.3, -0.25) is 4.79 Å². The zero-order valence-electron chi connectivity index (χ0n) is 15.2. The van der Waals surface area contributed by atoms with Gasteiger partial charge < -0.3 is 10.5 Å². The van der Waals surface area contributed by atoms with Crippen LogP contribution in [0.25, 0.3) is 0 Å². The van der Waals surface area contributed by atoms with Crippen LogP contribution in [0.1, 0.15) is 68.1 Å². The number of nitrogens with two attached hydrogens (primary N) is 1. The van der Waals surface area contributed by atoms with Crippen molar-refractivity contribution in [1.82, 2.24) is 0 Å². The van der Waals surface area contributed by atoms with E-state index in [1.165, 1.54) is 19.8 Å². The number of hydrogen-bond donors (Lipinski definition) is 1. The summed E-state index contributed by atoms with van der Waals surface area (Å²) in [5, 5.41) is -0.171. The second kappa shape index (κ2) is 22.5. The standard InChI is InChI=1S/C10H16O2S.C3H7NO.2C2H6.H2/c1-13-10(11)12-9-7-5-3-2-4-6-8-9;1-3(5)2-4;2*1-2;/h5,7,9H,2-4,6,8H2,1H3;2,4H2,1H3;2*1-2H3;1H/b7-5+;;;;. The third-order valence-corrected chi connectivity index (χ3v) is 2.84. The van der Waals surface area contributed by atoms with Crippen LogP contribution in [0.3, 0.4) is 0 Å². The maximum atomic E-state index is 11.0. The van der Waals surface area contributed by atoms with E-state index >= 15 is 0 Å². The molecule has 22 heavy (non-hydrogen) atoms. The Balaban J connectivity index is -0.000000154. The van der Waals surface area contributed by atoms with E-state index in [0.717, 1.165) is 31.0 Å².